The molecular weight excluding hydrogens is 582 g/mol. The van der Waals surface area contributed by atoms with Gasteiger partial charge in [0.1, 0.15) is 35.1 Å². The van der Waals surface area contributed by atoms with Crippen LogP contribution in [0, 0.1) is 6.92 Å². The molecule has 0 atom stereocenters. The lowest BCUT2D eigenvalue weighted by Gasteiger charge is -2.30. The van der Waals surface area contributed by atoms with Crippen LogP contribution in [-0.4, -0.2) is 75.8 Å². The summed E-state index contributed by atoms with van der Waals surface area (Å²) in [6, 6.07) is 11.4. The molecule has 1 aliphatic heterocycles. The minimum absolute atomic E-state index is 0.0480. The Morgan fingerprint density at radius 3 is 2.26 bits per heavy atom. The molecule has 0 spiro atoms. The average Bonchev–Trinajstić information content (AvgIpc) is 2.97. The number of methoxy groups -OCH3 is 2. The van der Waals surface area contributed by atoms with Gasteiger partial charge in [0.05, 0.1) is 25.4 Å². The van der Waals surface area contributed by atoms with E-state index in [4.69, 9.17) is 14.2 Å². The molecule has 0 saturated carbocycles. The fraction of sp³-hybridized carbons (Fsp3) is 0.321. The summed E-state index contributed by atoms with van der Waals surface area (Å²) in [7, 11) is -4.32. The van der Waals surface area contributed by atoms with E-state index in [9.17, 15) is 16.8 Å². The molecule has 12 nitrogen and oxygen atoms in total. The number of nitrogens with zero attached hydrogens (tertiary/aromatic N) is 4. The molecule has 1 N–H and O–H groups in total. The zero-order valence-corrected chi connectivity index (χ0v) is 25.2. The third-order valence-electron chi connectivity index (χ3n) is 7.06. The predicted octanol–water partition coefficient (Wildman–Crippen LogP) is 3.62. The van der Waals surface area contributed by atoms with Crippen LogP contribution < -0.4 is 18.9 Å². The molecule has 222 valence electrons. The number of piperidine rings is 1. The first kappa shape index (κ1) is 29.5. The van der Waals surface area contributed by atoms with Crippen LogP contribution in [0.4, 0.5) is 5.69 Å². The summed E-state index contributed by atoms with van der Waals surface area (Å²) < 4.78 is 71.2. The summed E-state index contributed by atoms with van der Waals surface area (Å²) in [5, 5.41) is 0.759. The minimum atomic E-state index is -3.97. The van der Waals surface area contributed by atoms with Gasteiger partial charge in [0, 0.05) is 35.9 Å². The van der Waals surface area contributed by atoms with E-state index >= 15 is 0 Å². The lowest BCUT2D eigenvalue weighted by Crippen LogP contribution is -2.41. The summed E-state index contributed by atoms with van der Waals surface area (Å²) in [5.74, 6) is 1.15. The van der Waals surface area contributed by atoms with Crippen molar-refractivity contribution in [2.24, 2.45) is 0 Å². The van der Waals surface area contributed by atoms with Gasteiger partial charge in [0.25, 0.3) is 10.0 Å². The van der Waals surface area contributed by atoms with Crippen molar-refractivity contribution in [2.45, 2.75) is 30.8 Å². The molecule has 0 aliphatic carbocycles. The first-order valence-electron chi connectivity index (χ1n) is 13.1. The van der Waals surface area contributed by atoms with Crippen LogP contribution in [0.25, 0.3) is 22.0 Å². The van der Waals surface area contributed by atoms with Crippen molar-refractivity contribution in [2.75, 3.05) is 38.3 Å². The smallest absolute Gasteiger partial charge is 0.262 e. The van der Waals surface area contributed by atoms with Crippen LogP contribution in [0.15, 0.2) is 59.9 Å². The van der Waals surface area contributed by atoms with Gasteiger partial charge in [-0.2, -0.15) is 0 Å². The number of sulfonamides is 2. The van der Waals surface area contributed by atoms with Crippen molar-refractivity contribution in [1.82, 2.24) is 19.3 Å². The Morgan fingerprint density at radius 1 is 0.905 bits per heavy atom. The van der Waals surface area contributed by atoms with Gasteiger partial charge in [-0.3, -0.25) is 4.72 Å². The number of aromatic nitrogens is 3. The van der Waals surface area contributed by atoms with Gasteiger partial charge in [-0.25, -0.2) is 36.1 Å². The van der Waals surface area contributed by atoms with Gasteiger partial charge in [-0.1, -0.05) is 0 Å². The van der Waals surface area contributed by atoms with Crippen molar-refractivity contribution in [1.29, 1.82) is 0 Å². The number of nitrogens with one attached hydrogen (secondary N) is 1. The highest BCUT2D eigenvalue weighted by Crippen LogP contribution is 2.36. The summed E-state index contributed by atoms with van der Waals surface area (Å²) in [6.45, 7) is 2.60. The zero-order valence-electron chi connectivity index (χ0n) is 23.6. The third kappa shape index (κ3) is 6.25. The van der Waals surface area contributed by atoms with Crippen LogP contribution in [0.3, 0.4) is 0 Å². The Balaban J connectivity index is 1.50. The fourth-order valence-corrected chi connectivity index (χ4v) is 6.70. The summed E-state index contributed by atoms with van der Waals surface area (Å²) in [4.78, 5) is 13.2. The number of hydrogen-bond acceptors (Lipinski definition) is 10. The normalized spacial score (nSPS) is 15.0. The van der Waals surface area contributed by atoms with E-state index in [2.05, 4.69) is 19.7 Å². The van der Waals surface area contributed by atoms with E-state index in [1.165, 1.54) is 43.2 Å². The van der Waals surface area contributed by atoms with Crippen molar-refractivity contribution >= 4 is 36.6 Å². The maximum Gasteiger partial charge on any atom is 0.262 e. The zero-order chi connectivity index (χ0) is 30.1. The standard InChI is InChI=1S/C28H31N5O7S2/c1-18-24-13-19(15-26(27(24)31-17-30-18)40-22-9-11-33(12-10-22)41(4,34)35)20-14-25(28(39-3)29-16-20)32-42(36,37)23-7-5-21(38-2)6-8-23/h5-8,13-17,22,32H,9-12H2,1-4H3. The van der Waals surface area contributed by atoms with Gasteiger partial charge >= 0.3 is 0 Å². The van der Waals surface area contributed by atoms with E-state index in [0.717, 1.165) is 11.1 Å². The van der Waals surface area contributed by atoms with E-state index in [1.54, 1.807) is 24.4 Å². The van der Waals surface area contributed by atoms with E-state index < -0.39 is 20.0 Å². The number of pyridine rings is 1. The molecule has 42 heavy (non-hydrogen) atoms. The molecule has 1 saturated heterocycles. The first-order valence-corrected chi connectivity index (χ1v) is 16.4. The Hall–Kier alpha value is -4.01. The molecule has 0 bridgehead atoms. The second-order valence-corrected chi connectivity index (χ2v) is 13.5. The molecule has 2 aromatic heterocycles. The number of rotatable bonds is 9. The van der Waals surface area contributed by atoms with Crippen molar-refractivity contribution in [3.05, 3.63) is 60.7 Å². The van der Waals surface area contributed by atoms with Crippen molar-refractivity contribution < 1.29 is 31.0 Å². The molecule has 1 aliphatic rings. The molecule has 0 unspecified atom stereocenters. The van der Waals surface area contributed by atoms with Crippen LogP contribution >= 0.6 is 0 Å². The van der Waals surface area contributed by atoms with Gasteiger partial charge in [-0.05, 0) is 67.8 Å². The lowest BCUT2D eigenvalue weighted by molar-refractivity contribution is 0.137. The largest absolute Gasteiger partial charge is 0.497 e. The third-order valence-corrected chi connectivity index (χ3v) is 9.74. The number of aryl methyl sites for hydroxylation is 1. The highest BCUT2D eigenvalue weighted by atomic mass is 32.2. The molecule has 5 rings (SSSR count). The van der Waals surface area contributed by atoms with Crippen LogP contribution in [0.5, 0.6) is 17.4 Å². The molecule has 0 amide bonds. The van der Waals surface area contributed by atoms with Crippen molar-refractivity contribution in [3.63, 3.8) is 0 Å². The monoisotopic (exact) mass is 613 g/mol. The summed E-state index contributed by atoms with van der Waals surface area (Å²) >= 11 is 0. The van der Waals surface area contributed by atoms with Crippen LogP contribution in [0.1, 0.15) is 18.5 Å². The number of fused-ring (bicyclic) bond motifs is 1. The minimum Gasteiger partial charge on any atom is -0.497 e. The second kappa shape index (κ2) is 11.7. The second-order valence-electron chi connectivity index (χ2n) is 9.87. The number of ether oxygens (including phenoxy) is 3. The van der Waals surface area contributed by atoms with E-state index in [-0.39, 0.29) is 22.6 Å². The number of hydrogen-bond donors (Lipinski definition) is 1. The predicted molar refractivity (Wildman–Crippen MR) is 158 cm³/mol. The maximum absolute atomic E-state index is 13.2. The quantitative estimate of drug-likeness (QED) is 0.297. The van der Waals surface area contributed by atoms with Gasteiger partial charge in [-0.15, -0.1) is 0 Å². The lowest BCUT2D eigenvalue weighted by atomic mass is 10.0. The van der Waals surface area contributed by atoms with Crippen LogP contribution in [-0.2, 0) is 20.0 Å². The Labute approximate surface area is 244 Å². The molecule has 4 aromatic rings. The molecule has 1 fully saturated rings. The molecule has 2 aromatic carbocycles. The van der Waals surface area contributed by atoms with Gasteiger partial charge in [0.15, 0.2) is 0 Å². The SMILES string of the molecule is COc1ccc(S(=O)(=O)Nc2cc(-c3cc(OC4CCN(S(C)(=O)=O)CC4)c4ncnc(C)c4c3)cnc2OC)cc1. The molecular formula is C28H31N5O7S2. The first-order chi connectivity index (χ1) is 20.0. The Bertz CT molecular complexity index is 1820. The fourth-order valence-electron chi connectivity index (χ4n) is 4.78. The molecule has 3 heterocycles. The topological polar surface area (TPSA) is 150 Å². The summed E-state index contributed by atoms with van der Waals surface area (Å²) in [5.41, 5.74) is 2.82. The Morgan fingerprint density at radius 2 is 1.62 bits per heavy atom. The van der Waals surface area contributed by atoms with Gasteiger partial charge < -0.3 is 14.2 Å². The van der Waals surface area contributed by atoms with Crippen LogP contribution in [0.2, 0.25) is 0 Å². The highest BCUT2D eigenvalue weighted by molar-refractivity contribution is 7.92. The van der Waals surface area contributed by atoms with Crippen molar-refractivity contribution in [3.8, 4) is 28.5 Å². The number of benzene rings is 2. The molecule has 14 heteroatoms. The van der Waals surface area contributed by atoms with E-state index in [1.807, 2.05) is 19.1 Å². The van der Waals surface area contributed by atoms with E-state index in [0.29, 0.717) is 54.1 Å². The maximum atomic E-state index is 13.2. The number of anilines is 1. The van der Waals surface area contributed by atoms with Gasteiger partial charge in [0.2, 0.25) is 15.9 Å². The Kier molecular flexibility index (Phi) is 8.21. The summed E-state index contributed by atoms with van der Waals surface area (Å²) in [6.07, 6.45) is 5.11. The highest BCUT2D eigenvalue weighted by Gasteiger charge is 2.27. The molecule has 0 radical (unpaired) electrons. The average molecular weight is 614 g/mol.